The molecule has 0 unspecified atom stereocenters. The van der Waals surface area contributed by atoms with Crippen LogP contribution in [0.1, 0.15) is 18.6 Å². The molecule has 8 nitrogen and oxygen atoms in total. The van der Waals surface area contributed by atoms with Crippen molar-refractivity contribution in [3.05, 3.63) is 30.2 Å². The third-order valence-electron chi connectivity index (χ3n) is 3.20. The van der Waals surface area contributed by atoms with Gasteiger partial charge in [-0.05, 0) is 0 Å². The molecule has 3 heterocycles. The monoisotopic (exact) mass is 272 g/mol. The van der Waals surface area contributed by atoms with Gasteiger partial charge in [-0.25, -0.2) is 20.8 Å². The summed E-state index contributed by atoms with van der Waals surface area (Å²) in [4.78, 5) is 13.3. The van der Waals surface area contributed by atoms with Crippen LogP contribution in [-0.4, -0.2) is 29.3 Å². The van der Waals surface area contributed by atoms with Crippen LogP contribution in [0.2, 0.25) is 0 Å². The van der Waals surface area contributed by atoms with Gasteiger partial charge in [0.05, 0.1) is 18.1 Å². The Labute approximate surface area is 115 Å². The van der Waals surface area contributed by atoms with Crippen LogP contribution in [0.4, 0.5) is 5.82 Å². The van der Waals surface area contributed by atoms with E-state index in [-0.39, 0.29) is 0 Å². The molecule has 0 spiro atoms. The van der Waals surface area contributed by atoms with E-state index in [1.807, 2.05) is 17.8 Å². The van der Waals surface area contributed by atoms with Crippen molar-refractivity contribution in [3.63, 3.8) is 0 Å². The first-order chi connectivity index (χ1) is 9.72. The number of aryl methyl sites for hydroxylation is 2. The number of hydrogen-bond acceptors (Lipinski definition) is 6. The maximum Gasteiger partial charge on any atom is 0.163 e. The lowest BCUT2D eigenvalue weighted by atomic mass is 10.3. The maximum absolute atomic E-state index is 5.53. The quantitative estimate of drug-likeness (QED) is 0.528. The van der Waals surface area contributed by atoms with E-state index < -0.39 is 0 Å². The molecular weight excluding hydrogens is 256 g/mol. The first-order valence-electron chi connectivity index (χ1n) is 6.38. The van der Waals surface area contributed by atoms with Crippen LogP contribution in [0.25, 0.3) is 11.0 Å². The average molecular weight is 272 g/mol. The molecule has 0 saturated carbocycles. The highest BCUT2D eigenvalue weighted by molar-refractivity contribution is 5.86. The smallest absolute Gasteiger partial charge is 0.163 e. The molecule has 3 aromatic heterocycles. The fraction of sp³-hybridized carbons (Fsp3) is 0.333. The van der Waals surface area contributed by atoms with Crippen molar-refractivity contribution in [1.29, 1.82) is 0 Å². The minimum absolute atomic E-state index is 0.555. The van der Waals surface area contributed by atoms with E-state index in [2.05, 4.69) is 32.4 Å². The van der Waals surface area contributed by atoms with Crippen LogP contribution in [0.5, 0.6) is 0 Å². The lowest BCUT2D eigenvalue weighted by Crippen LogP contribution is -2.13. The van der Waals surface area contributed by atoms with E-state index in [0.717, 1.165) is 23.3 Å². The van der Waals surface area contributed by atoms with Crippen molar-refractivity contribution in [2.24, 2.45) is 12.9 Å². The van der Waals surface area contributed by atoms with Gasteiger partial charge in [-0.15, -0.1) is 0 Å². The Kier molecular flexibility index (Phi) is 3.07. The van der Waals surface area contributed by atoms with Gasteiger partial charge in [-0.3, -0.25) is 4.68 Å². The second-order valence-electron chi connectivity index (χ2n) is 4.46. The molecule has 3 aromatic rings. The number of nitrogen functional groups attached to an aromatic ring is 1. The van der Waals surface area contributed by atoms with Gasteiger partial charge in [0.25, 0.3) is 0 Å². The Balaban J connectivity index is 2.05. The van der Waals surface area contributed by atoms with Crippen LogP contribution >= 0.6 is 0 Å². The Bertz CT molecular complexity index is 741. The molecule has 8 heteroatoms. The zero-order valence-corrected chi connectivity index (χ0v) is 11.4. The van der Waals surface area contributed by atoms with Gasteiger partial charge in [-0.1, -0.05) is 6.92 Å². The second kappa shape index (κ2) is 4.89. The van der Waals surface area contributed by atoms with Crippen LogP contribution in [-0.2, 0) is 20.0 Å². The molecule has 0 bridgehead atoms. The third kappa shape index (κ3) is 1.99. The Hall–Kier alpha value is -2.48. The minimum atomic E-state index is 0.555. The SMILES string of the molecule is CCc1nccn1Cc1nc(NN)c2cnn(C)c2n1. The number of hydrazine groups is 1. The lowest BCUT2D eigenvalue weighted by molar-refractivity contribution is 0.695. The van der Waals surface area contributed by atoms with Crippen LogP contribution in [0, 0.1) is 0 Å². The lowest BCUT2D eigenvalue weighted by Gasteiger charge is -2.08. The third-order valence-corrected chi connectivity index (χ3v) is 3.20. The number of nitrogens with zero attached hydrogens (tertiary/aromatic N) is 6. The Morgan fingerprint density at radius 1 is 1.35 bits per heavy atom. The first-order valence-corrected chi connectivity index (χ1v) is 6.38. The molecule has 0 aliphatic rings. The van der Waals surface area contributed by atoms with Gasteiger partial charge >= 0.3 is 0 Å². The number of nitrogens with two attached hydrogens (primary N) is 1. The number of fused-ring (bicyclic) bond motifs is 1. The number of imidazole rings is 1. The van der Waals surface area contributed by atoms with Gasteiger partial charge in [0, 0.05) is 25.9 Å². The largest absolute Gasteiger partial charge is 0.327 e. The highest BCUT2D eigenvalue weighted by atomic mass is 15.3. The van der Waals surface area contributed by atoms with Crippen LogP contribution in [0.15, 0.2) is 18.6 Å². The summed E-state index contributed by atoms with van der Waals surface area (Å²) in [6, 6.07) is 0. The van der Waals surface area contributed by atoms with Gasteiger partial charge < -0.3 is 9.99 Å². The van der Waals surface area contributed by atoms with Crippen molar-refractivity contribution in [3.8, 4) is 0 Å². The second-order valence-corrected chi connectivity index (χ2v) is 4.46. The van der Waals surface area contributed by atoms with Crippen LogP contribution in [0.3, 0.4) is 0 Å². The fourth-order valence-corrected chi connectivity index (χ4v) is 2.20. The van der Waals surface area contributed by atoms with E-state index in [1.165, 1.54) is 0 Å². The van der Waals surface area contributed by atoms with Crippen molar-refractivity contribution < 1.29 is 0 Å². The van der Waals surface area contributed by atoms with E-state index >= 15 is 0 Å². The molecule has 0 aliphatic heterocycles. The average Bonchev–Trinajstić information content (AvgIpc) is 3.05. The predicted octanol–water partition coefficient (Wildman–Crippen LogP) is 0.456. The van der Waals surface area contributed by atoms with E-state index in [0.29, 0.717) is 18.2 Å². The summed E-state index contributed by atoms with van der Waals surface area (Å²) in [7, 11) is 1.84. The molecule has 3 rings (SSSR count). The molecule has 20 heavy (non-hydrogen) atoms. The predicted molar refractivity (Wildman–Crippen MR) is 74.8 cm³/mol. The standard InChI is InChI=1S/C12H16N8/c1-3-10-14-4-5-20(10)7-9-16-11(18-13)8-6-15-19(2)12(8)17-9/h4-6H,3,7,13H2,1-2H3,(H,16,17,18). The fourth-order valence-electron chi connectivity index (χ4n) is 2.20. The molecule has 0 amide bonds. The highest BCUT2D eigenvalue weighted by Crippen LogP contribution is 2.19. The summed E-state index contributed by atoms with van der Waals surface area (Å²) in [6.07, 6.45) is 6.26. The molecule has 0 atom stereocenters. The molecular formula is C12H16N8. The summed E-state index contributed by atoms with van der Waals surface area (Å²) in [6.45, 7) is 2.62. The Morgan fingerprint density at radius 3 is 2.95 bits per heavy atom. The van der Waals surface area contributed by atoms with Crippen LogP contribution < -0.4 is 11.3 Å². The van der Waals surface area contributed by atoms with Gasteiger partial charge in [0.2, 0.25) is 0 Å². The molecule has 104 valence electrons. The van der Waals surface area contributed by atoms with Gasteiger partial charge in [0.1, 0.15) is 5.82 Å². The minimum Gasteiger partial charge on any atom is -0.327 e. The summed E-state index contributed by atoms with van der Waals surface area (Å²) >= 11 is 0. The van der Waals surface area contributed by atoms with Crippen molar-refractivity contribution >= 4 is 16.9 Å². The zero-order valence-electron chi connectivity index (χ0n) is 11.4. The zero-order chi connectivity index (χ0) is 14.1. The number of anilines is 1. The summed E-state index contributed by atoms with van der Waals surface area (Å²) in [5, 5.41) is 4.98. The molecule has 0 fully saturated rings. The topological polar surface area (TPSA) is 99.5 Å². The molecule has 3 N–H and O–H groups in total. The van der Waals surface area contributed by atoms with Crippen molar-refractivity contribution in [1.82, 2.24) is 29.3 Å². The van der Waals surface area contributed by atoms with Gasteiger partial charge in [0.15, 0.2) is 17.3 Å². The van der Waals surface area contributed by atoms with E-state index in [1.54, 1.807) is 17.1 Å². The van der Waals surface area contributed by atoms with Crippen molar-refractivity contribution in [2.45, 2.75) is 19.9 Å². The highest BCUT2D eigenvalue weighted by Gasteiger charge is 2.12. The molecule has 0 radical (unpaired) electrons. The first kappa shape index (κ1) is 12.5. The normalized spacial score (nSPS) is 11.2. The number of hydrogen-bond donors (Lipinski definition) is 2. The number of aromatic nitrogens is 6. The van der Waals surface area contributed by atoms with E-state index in [9.17, 15) is 0 Å². The molecule has 0 aliphatic carbocycles. The van der Waals surface area contributed by atoms with Gasteiger partial charge in [-0.2, -0.15) is 5.10 Å². The number of nitrogens with one attached hydrogen (secondary N) is 1. The molecule has 0 saturated heterocycles. The molecule has 0 aromatic carbocycles. The number of rotatable bonds is 4. The van der Waals surface area contributed by atoms with Crippen molar-refractivity contribution in [2.75, 3.05) is 5.43 Å². The summed E-state index contributed by atoms with van der Waals surface area (Å²) in [5.74, 6) is 7.78. The Morgan fingerprint density at radius 2 is 2.20 bits per heavy atom. The van der Waals surface area contributed by atoms with E-state index in [4.69, 9.17) is 5.84 Å². The maximum atomic E-state index is 5.53. The summed E-state index contributed by atoms with van der Waals surface area (Å²) in [5.41, 5.74) is 3.35. The summed E-state index contributed by atoms with van der Waals surface area (Å²) < 4.78 is 3.73.